The Hall–Kier alpha value is -3.16. The summed E-state index contributed by atoms with van der Waals surface area (Å²) >= 11 is 0. The Morgan fingerprint density at radius 3 is 2.58 bits per heavy atom. The second kappa shape index (κ2) is 7.40. The van der Waals surface area contributed by atoms with Gasteiger partial charge >= 0.3 is 11.9 Å². The number of nitrogens with zero attached hydrogens (tertiary/aromatic N) is 2. The van der Waals surface area contributed by atoms with Crippen LogP contribution < -0.4 is 5.32 Å². The predicted octanol–water partition coefficient (Wildman–Crippen LogP) is 1.96. The van der Waals surface area contributed by atoms with Crippen molar-refractivity contribution < 1.29 is 23.5 Å². The number of rotatable bonds is 5. The molecule has 0 fully saturated rings. The molecular weight excluding hydrogens is 317 g/mol. The molecule has 2 rings (SSSR count). The molecule has 0 saturated heterocycles. The lowest BCUT2D eigenvalue weighted by molar-refractivity contribution is -0.138. The van der Waals surface area contributed by atoms with Crippen LogP contribution in [-0.2, 0) is 19.1 Å². The van der Waals surface area contributed by atoms with Gasteiger partial charge in [0.15, 0.2) is 5.82 Å². The molecule has 0 spiro atoms. The van der Waals surface area contributed by atoms with Crippen molar-refractivity contribution in [1.82, 2.24) is 9.78 Å². The van der Waals surface area contributed by atoms with Crippen LogP contribution in [0.4, 0.5) is 10.1 Å². The number of esters is 2. The van der Waals surface area contributed by atoms with Crippen LogP contribution in [0.15, 0.2) is 42.4 Å². The molecule has 0 amide bonds. The zero-order valence-electron chi connectivity index (χ0n) is 13.4. The molecule has 7 nitrogen and oxygen atoms in total. The summed E-state index contributed by atoms with van der Waals surface area (Å²) in [7, 11) is 2.34. The number of hydrogen-bond donors (Lipinski definition) is 1. The molecule has 0 bridgehead atoms. The third-order valence-corrected chi connectivity index (χ3v) is 3.05. The van der Waals surface area contributed by atoms with Gasteiger partial charge in [0.2, 0.25) is 0 Å². The van der Waals surface area contributed by atoms with Gasteiger partial charge in [-0.15, -0.1) is 0 Å². The smallest absolute Gasteiger partial charge is 0.354 e. The first kappa shape index (κ1) is 17.2. The van der Waals surface area contributed by atoms with Gasteiger partial charge in [0.1, 0.15) is 11.4 Å². The van der Waals surface area contributed by atoms with Crippen LogP contribution >= 0.6 is 0 Å². The third kappa shape index (κ3) is 3.97. The summed E-state index contributed by atoms with van der Waals surface area (Å²) in [5.74, 6) is -2.08. The summed E-state index contributed by atoms with van der Waals surface area (Å²) in [6, 6.07) is 4.22. The lowest BCUT2D eigenvalue weighted by atomic mass is 10.2. The Bertz CT molecular complexity index is 798. The van der Waals surface area contributed by atoms with Crippen molar-refractivity contribution in [3.05, 3.63) is 53.7 Å². The Labute approximate surface area is 137 Å². The number of halogens is 1. The maximum absolute atomic E-state index is 14.3. The van der Waals surface area contributed by atoms with Gasteiger partial charge in [-0.1, -0.05) is 0 Å². The first-order chi connectivity index (χ1) is 11.4. The summed E-state index contributed by atoms with van der Waals surface area (Å²) in [5.41, 5.74) is 1.24. The van der Waals surface area contributed by atoms with E-state index in [-0.39, 0.29) is 17.1 Å². The number of anilines is 1. The Morgan fingerprint density at radius 2 is 2.04 bits per heavy atom. The zero-order chi connectivity index (χ0) is 17.7. The minimum Gasteiger partial charge on any atom is -0.466 e. The van der Waals surface area contributed by atoms with E-state index in [1.807, 2.05) is 6.92 Å². The molecule has 0 aliphatic rings. The van der Waals surface area contributed by atoms with E-state index in [1.54, 1.807) is 18.5 Å². The Kier molecular flexibility index (Phi) is 5.31. The van der Waals surface area contributed by atoms with Crippen LogP contribution in [0.3, 0.4) is 0 Å². The van der Waals surface area contributed by atoms with E-state index < -0.39 is 17.8 Å². The lowest BCUT2D eigenvalue weighted by Gasteiger charge is -2.10. The topological polar surface area (TPSA) is 82.5 Å². The molecule has 1 aromatic carbocycles. The predicted molar refractivity (Wildman–Crippen MR) is 84.0 cm³/mol. The quantitative estimate of drug-likeness (QED) is 0.665. The van der Waals surface area contributed by atoms with E-state index >= 15 is 0 Å². The molecular formula is C16H16FN3O4. The molecule has 1 heterocycles. The second-order valence-electron chi connectivity index (χ2n) is 4.83. The number of carbonyl (C=O) groups excluding carboxylic acids is 2. The van der Waals surface area contributed by atoms with E-state index in [1.165, 1.54) is 31.0 Å². The second-order valence-corrected chi connectivity index (χ2v) is 4.83. The van der Waals surface area contributed by atoms with Gasteiger partial charge in [0.25, 0.3) is 0 Å². The molecule has 0 aliphatic carbocycles. The van der Waals surface area contributed by atoms with Crippen molar-refractivity contribution in [2.45, 2.75) is 6.92 Å². The summed E-state index contributed by atoms with van der Waals surface area (Å²) in [5, 5.41) is 6.67. The summed E-state index contributed by atoms with van der Waals surface area (Å²) in [4.78, 5) is 23.0. The zero-order valence-corrected chi connectivity index (χ0v) is 13.4. The average molecular weight is 333 g/mol. The molecule has 0 aliphatic heterocycles. The van der Waals surface area contributed by atoms with E-state index in [0.29, 0.717) is 0 Å². The third-order valence-electron chi connectivity index (χ3n) is 3.05. The van der Waals surface area contributed by atoms with Crippen LogP contribution in [0.2, 0.25) is 0 Å². The highest BCUT2D eigenvalue weighted by molar-refractivity contribution is 5.98. The Morgan fingerprint density at radius 1 is 1.29 bits per heavy atom. The van der Waals surface area contributed by atoms with Gasteiger partial charge in [-0.05, 0) is 30.7 Å². The van der Waals surface area contributed by atoms with Gasteiger partial charge in [-0.25, -0.2) is 18.7 Å². The lowest BCUT2D eigenvalue weighted by Crippen LogP contribution is -2.15. The highest BCUT2D eigenvalue weighted by atomic mass is 19.1. The van der Waals surface area contributed by atoms with Gasteiger partial charge < -0.3 is 14.8 Å². The minimum atomic E-state index is -0.785. The largest absolute Gasteiger partial charge is 0.466 e. The molecule has 126 valence electrons. The number of benzene rings is 1. The van der Waals surface area contributed by atoms with Crippen LogP contribution in [0, 0.1) is 12.7 Å². The van der Waals surface area contributed by atoms with Gasteiger partial charge in [-0.2, -0.15) is 5.10 Å². The molecule has 24 heavy (non-hydrogen) atoms. The summed E-state index contributed by atoms with van der Waals surface area (Å²) < 4.78 is 24.7. The number of ether oxygens (including phenoxy) is 2. The highest BCUT2D eigenvalue weighted by Gasteiger charge is 2.14. The van der Waals surface area contributed by atoms with Crippen molar-refractivity contribution in [1.29, 1.82) is 0 Å². The number of hydrogen-bond acceptors (Lipinski definition) is 6. The maximum Gasteiger partial charge on any atom is 0.354 e. The van der Waals surface area contributed by atoms with Gasteiger partial charge in [-0.3, -0.25) is 0 Å². The molecule has 2 aromatic rings. The molecule has 0 atom stereocenters. The molecule has 0 unspecified atom stereocenters. The monoisotopic (exact) mass is 333 g/mol. The van der Waals surface area contributed by atoms with Crippen molar-refractivity contribution in [3.8, 4) is 5.69 Å². The number of methoxy groups -OCH3 is 2. The first-order valence-electron chi connectivity index (χ1n) is 6.90. The van der Waals surface area contributed by atoms with Crippen molar-refractivity contribution in [2.75, 3.05) is 19.5 Å². The molecule has 8 heteroatoms. The fourth-order valence-electron chi connectivity index (χ4n) is 1.90. The number of carbonyl (C=O) groups is 2. The number of aromatic nitrogens is 2. The van der Waals surface area contributed by atoms with Crippen molar-refractivity contribution in [3.63, 3.8) is 0 Å². The molecule has 1 N–H and O–H groups in total. The van der Waals surface area contributed by atoms with Crippen LogP contribution in [-0.4, -0.2) is 35.9 Å². The van der Waals surface area contributed by atoms with E-state index in [4.69, 9.17) is 0 Å². The fraction of sp³-hybridized carbons (Fsp3) is 0.188. The average Bonchev–Trinajstić information content (AvgIpc) is 2.99. The molecule has 0 radical (unpaired) electrons. The van der Waals surface area contributed by atoms with Crippen LogP contribution in [0.1, 0.15) is 5.56 Å². The van der Waals surface area contributed by atoms with Crippen molar-refractivity contribution in [2.24, 2.45) is 0 Å². The van der Waals surface area contributed by atoms with Crippen LogP contribution in [0.5, 0.6) is 0 Å². The maximum atomic E-state index is 14.3. The van der Waals surface area contributed by atoms with E-state index in [9.17, 15) is 14.0 Å². The standard InChI is InChI=1S/C16H16FN3O4/c1-10-8-18-20(9-10)14-5-4-11(6-12(14)17)19-13(16(22)24-3)7-15(21)23-2/h4-9,19H,1-3H3/b13-7+. The van der Waals surface area contributed by atoms with E-state index in [0.717, 1.165) is 11.6 Å². The fourth-order valence-corrected chi connectivity index (χ4v) is 1.90. The number of nitrogens with one attached hydrogen (secondary N) is 1. The first-order valence-corrected chi connectivity index (χ1v) is 6.90. The van der Waals surface area contributed by atoms with Crippen molar-refractivity contribution >= 4 is 17.6 Å². The van der Waals surface area contributed by atoms with Gasteiger partial charge in [0.05, 0.1) is 26.5 Å². The number of aryl methyl sites for hydroxylation is 1. The van der Waals surface area contributed by atoms with Gasteiger partial charge in [0, 0.05) is 11.9 Å². The normalized spacial score (nSPS) is 11.1. The van der Waals surface area contributed by atoms with Crippen LogP contribution in [0.25, 0.3) is 5.69 Å². The summed E-state index contributed by atoms with van der Waals surface area (Å²) in [6.45, 7) is 1.84. The molecule has 1 aromatic heterocycles. The Balaban J connectivity index is 2.28. The van der Waals surface area contributed by atoms with E-state index in [2.05, 4.69) is 19.9 Å². The summed E-state index contributed by atoms with van der Waals surface area (Å²) in [6.07, 6.45) is 4.22. The highest BCUT2D eigenvalue weighted by Crippen LogP contribution is 2.19. The SMILES string of the molecule is COC(=O)/C=C(/Nc1ccc(-n2cc(C)cn2)c(F)c1)C(=O)OC. The minimum absolute atomic E-state index is 0.175. The molecule has 0 saturated carbocycles.